The number of hydrogen-bond donors (Lipinski definition) is 1. The fraction of sp³-hybridized carbons (Fsp3) is 0.588. The lowest BCUT2D eigenvalue weighted by molar-refractivity contribution is 0.636. The number of nitrogens with two attached hydrogens (primary N) is 1. The summed E-state index contributed by atoms with van der Waals surface area (Å²) in [6, 6.07) is 0. The lowest BCUT2D eigenvalue weighted by atomic mass is 10.0. The predicted octanol–water partition coefficient (Wildman–Crippen LogP) is 4.49. The van der Waals surface area contributed by atoms with Crippen molar-refractivity contribution in [3.05, 3.63) is 36.6 Å². The minimum absolute atomic E-state index is 0.384. The van der Waals surface area contributed by atoms with E-state index in [0.29, 0.717) is 11.8 Å². The summed E-state index contributed by atoms with van der Waals surface area (Å²) in [5.41, 5.74) is 7.80. The Morgan fingerprint density at radius 3 is 2.58 bits per heavy atom. The third kappa shape index (κ3) is 9.29. The maximum atomic E-state index is 5.90. The first kappa shape index (κ1) is 17.7. The van der Waals surface area contributed by atoms with E-state index in [1.165, 1.54) is 6.42 Å². The molecule has 2 nitrogen and oxygen atoms in total. The summed E-state index contributed by atoms with van der Waals surface area (Å²) in [7, 11) is 0. The number of rotatable bonds is 9. The summed E-state index contributed by atoms with van der Waals surface area (Å²) in [4.78, 5) is 4.50. The smallest absolute Gasteiger partial charge is 0.0426 e. The van der Waals surface area contributed by atoms with E-state index in [1.807, 2.05) is 19.1 Å². The van der Waals surface area contributed by atoms with Crippen molar-refractivity contribution in [2.75, 3.05) is 6.54 Å². The maximum absolute atomic E-state index is 5.90. The van der Waals surface area contributed by atoms with Crippen LogP contribution in [-0.4, -0.2) is 12.3 Å². The van der Waals surface area contributed by atoms with Crippen molar-refractivity contribution in [1.82, 2.24) is 0 Å². The van der Waals surface area contributed by atoms with Crippen LogP contribution in [0.4, 0.5) is 0 Å². The molecule has 0 saturated heterocycles. The molecule has 108 valence electrons. The van der Waals surface area contributed by atoms with E-state index in [4.69, 9.17) is 5.73 Å². The second kappa shape index (κ2) is 10.6. The van der Waals surface area contributed by atoms with E-state index in [-0.39, 0.29) is 0 Å². The molecule has 19 heavy (non-hydrogen) atoms. The van der Waals surface area contributed by atoms with E-state index in [0.717, 1.165) is 30.8 Å². The molecule has 2 N–H and O–H groups in total. The van der Waals surface area contributed by atoms with Gasteiger partial charge in [0.05, 0.1) is 0 Å². The van der Waals surface area contributed by atoms with Crippen LogP contribution >= 0.6 is 0 Å². The highest BCUT2D eigenvalue weighted by Crippen LogP contribution is 2.10. The van der Waals surface area contributed by atoms with Crippen LogP contribution in [0.2, 0.25) is 0 Å². The Bertz CT molecular complexity index is 335. The zero-order valence-corrected chi connectivity index (χ0v) is 13.0. The third-order valence-electron chi connectivity index (χ3n) is 3.10. The first-order chi connectivity index (χ1) is 9.01. The van der Waals surface area contributed by atoms with Gasteiger partial charge in [0.1, 0.15) is 0 Å². The SMILES string of the molecule is C=CCC(/C=C\CC/N=C(C)/C=C(\N)C(C)C)CC. The molecule has 0 spiro atoms. The fourth-order valence-corrected chi connectivity index (χ4v) is 1.65. The Morgan fingerprint density at radius 2 is 2.05 bits per heavy atom. The molecule has 0 saturated carbocycles. The van der Waals surface area contributed by atoms with Crippen LogP contribution in [0.1, 0.15) is 47.0 Å². The molecule has 0 aromatic carbocycles. The van der Waals surface area contributed by atoms with Crippen molar-refractivity contribution in [3.8, 4) is 0 Å². The van der Waals surface area contributed by atoms with Gasteiger partial charge in [-0.2, -0.15) is 0 Å². The predicted molar refractivity (Wildman–Crippen MR) is 87.4 cm³/mol. The lowest BCUT2D eigenvalue weighted by Crippen LogP contribution is -2.07. The number of aliphatic imine (C=N–C) groups is 1. The van der Waals surface area contributed by atoms with Crippen molar-refractivity contribution in [2.24, 2.45) is 22.6 Å². The Kier molecular flexibility index (Phi) is 9.87. The van der Waals surface area contributed by atoms with Gasteiger partial charge in [0.15, 0.2) is 0 Å². The molecular weight excluding hydrogens is 232 g/mol. The normalized spacial score (nSPS) is 15.2. The Hall–Kier alpha value is -1.31. The molecule has 0 aromatic heterocycles. The van der Waals surface area contributed by atoms with Crippen LogP contribution in [-0.2, 0) is 0 Å². The van der Waals surface area contributed by atoms with Gasteiger partial charge in [0.25, 0.3) is 0 Å². The van der Waals surface area contributed by atoms with E-state index in [9.17, 15) is 0 Å². The Morgan fingerprint density at radius 1 is 1.37 bits per heavy atom. The van der Waals surface area contributed by atoms with E-state index >= 15 is 0 Å². The number of allylic oxidation sites excluding steroid dienone is 4. The summed E-state index contributed by atoms with van der Waals surface area (Å²) in [5, 5.41) is 0. The van der Waals surface area contributed by atoms with Crippen molar-refractivity contribution < 1.29 is 0 Å². The second-order valence-electron chi connectivity index (χ2n) is 5.23. The average Bonchev–Trinajstić information content (AvgIpc) is 2.36. The summed E-state index contributed by atoms with van der Waals surface area (Å²) >= 11 is 0. The zero-order chi connectivity index (χ0) is 14.7. The second-order valence-corrected chi connectivity index (χ2v) is 5.23. The highest BCUT2D eigenvalue weighted by atomic mass is 14.7. The molecule has 1 atom stereocenters. The molecule has 0 aliphatic heterocycles. The molecule has 0 amide bonds. The zero-order valence-electron chi connectivity index (χ0n) is 13.0. The van der Waals surface area contributed by atoms with Crippen LogP contribution in [0.15, 0.2) is 41.6 Å². The van der Waals surface area contributed by atoms with Gasteiger partial charge in [-0.3, -0.25) is 4.99 Å². The molecule has 0 bridgehead atoms. The minimum Gasteiger partial charge on any atom is -0.402 e. The molecule has 0 radical (unpaired) electrons. The third-order valence-corrected chi connectivity index (χ3v) is 3.10. The van der Waals surface area contributed by atoms with E-state index < -0.39 is 0 Å². The Labute approximate surface area is 119 Å². The topological polar surface area (TPSA) is 38.4 Å². The van der Waals surface area contributed by atoms with Gasteiger partial charge in [0, 0.05) is 18.0 Å². The van der Waals surface area contributed by atoms with Gasteiger partial charge in [-0.15, -0.1) is 6.58 Å². The van der Waals surface area contributed by atoms with Gasteiger partial charge < -0.3 is 5.73 Å². The van der Waals surface area contributed by atoms with Crippen LogP contribution in [0.5, 0.6) is 0 Å². The molecule has 2 heteroatoms. The quantitative estimate of drug-likeness (QED) is 0.371. The van der Waals surface area contributed by atoms with E-state index in [2.05, 4.69) is 44.5 Å². The lowest BCUT2D eigenvalue weighted by Gasteiger charge is -2.05. The monoisotopic (exact) mass is 262 g/mol. The highest BCUT2D eigenvalue weighted by Gasteiger charge is 1.98. The van der Waals surface area contributed by atoms with Crippen LogP contribution in [0.25, 0.3) is 0 Å². The van der Waals surface area contributed by atoms with Crippen molar-refractivity contribution in [2.45, 2.75) is 47.0 Å². The highest BCUT2D eigenvalue weighted by molar-refractivity contribution is 5.93. The van der Waals surface area contributed by atoms with Crippen molar-refractivity contribution in [1.29, 1.82) is 0 Å². The van der Waals surface area contributed by atoms with Gasteiger partial charge >= 0.3 is 0 Å². The molecule has 0 aliphatic carbocycles. The minimum atomic E-state index is 0.384. The summed E-state index contributed by atoms with van der Waals surface area (Å²) in [6.45, 7) is 13.0. The van der Waals surface area contributed by atoms with Gasteiger partial charge in [-0.05, 0) is 44.1 Å². The van der Waals surface area contributed by atoms with Crippen LogP contribution in [0.3, 0.4) is 0 Å². The van der Waals surface area contributed by atoms with Gasteiger partial charge in [-0.25, -0.2) is 0 Å². The number of nitrogens with zero attached hydrogens (tertiary/aromatic N) is 1. The van der Waals surface area contributed by atoms with Crippen LogP contribution < -0.4 is 5.73 Å². The largest absolute Gasteiger partial charge is 0.402 e. The first-order valence-corrected chi connectivity index (χ1v) is 7.26. The molecule has 0 heterocycles. The first-order valence-electron chi connectivity index (χ1n) is 7.26. The summed E-state index contributed by atoms with van der Waals surface area (Å²) in [5.74, 6) is 1.01. The summed E-state index contributed by atoms with van der Waals surface area (Å²) < 4.78 is 0. The molecule has 0 rings (SSSR count). The Balaban J connectivity index is 4.11. The average molecular weight is 262 g/mol. The fourth-order valence-electron chi connectivity index (χ4n) is 1.65. The summed E-state index contributed by atoms with van der Waals surface area (Å²) in [6.07, 6.45) is 11.7. The maximum Gasteiger partial charge on any atom is 0.0426 e. The molecule has 1 unspecified atom stereocenters. The van der Waals surface area contributed by atoms with Gasteiger partial charge in [-0.1, -0.05) is 39.0 Å². The van der Waals surface area contributed by atoms with Crippen molar-refractivity contribution in [3.63, 3.8) is 0 Å². The van der Waals surface area contributed by atoms with E-state index in [1.54, 1.807) is 0 Å². The standard InChI is InChI=1S/C17H30N2/c1-6-10-16(7-2)11-8-9-12-19-15(5)13-17(18)14(3)4/h6,8,11,13-14,16H,1,7,9-10,12,18H2,2-5H3/b11-8-,17-13-,19-15+. The van der Waals surface area contributed by atoms with Gasteiger partial charge in [0.2, 0.25) is 0 Å². The molecule has 0 fully saturated rings. The molecular formula is C17H30N2. The van der Waals surface area contributed by atoms with Crippen molar-refractivity contribution >= 4 is 5.71 Å². The molecule has 0 aliphatic rings. The van der Waals surface area contributed by atoms with Crippen LogP contribution in [0, 0.1) is 11.8 Å². The molecule has 0 aromatic rings. The number of hydrogen-bond acceptors (Lipinski definition) is 2.